The molecule has 0 N–H and O–H groups in total. The van der Waals surface area contributed by atoms with E-state index < -0.39 is 11.2 Å². The van der Waals surface area contributed by atoms with E-state index in [-0.39, 0.29) is 36.6 Å². The van der Waals surface area contributed by atoms with Crippen molar-refractivity contribution < 1.29 is 4.79 Å². The summed E-state index contributed by atoms with van der Waals surface area (Å²) in [4.78, 5) is 43.1. The van der Waals surface area contributed by atoms with Gasteiger partial charge in [0.25, 0.3) is 5.56 Å². The van der Waals surface area contributed by atoms with Crippen LogP contribution in [-0.2, 0) is 25.4 Å². The molecule has 144 valence electrons. The molecule has 0 aliphatic heterocycles. The first-order chi connectivity index (χ1) is 13.3. The van der Waals surface area contributed by atoms with Gasteiger partial charge in [-0.3, -0.25) is 18.7 Å². The fraction of sp³-hybridized carbons (Fsp3) is 0.278. The summed E-state index contributed by atoms with van der Waals surface area (Å²) in [5.74, 6) is -0.340. The minimum Gasteiger partial charge on any atom is -0.315 e. The molecule has 0 saturated heterocycles. The van der Waals surface area contributed by atoms with Crippen LogP contribution in [0.15, 0.2) is 40.2 Å². The molecule has 3 rings (SSSR count). The SMILES string of the molecule is Cn1c(=O)c2c(ncn2CC(=O)N(CCC#N)c2cccc(Cl)c2)n(C)c1=O. The van der Waals surface area contributed by atoms with Crippen molar-refractivity contribution in [2.24, 2.45) is 14.1 Å². The normalized spacial score (nSPS) is 10.8. The first-order valence-corrected chi connectivity index (χ1v) is 8.76. The Hall–Kier alpha value is -3.38. The van der Waals surface area contributed by atoms with Crippen LogP contribution in [0, 0.1) is 11.3 Å². The highest BCUT2D eigenvalue weighted by atomic mass is 35.5. The third kappa shape index (κ3) is 3.42. The van der Waals surface area contributed by atoms with E-state index in [1.165, 1.54) is 34.5 Å². The number of carbonyl (C=O) groups excluding carboxylic acids is 1. The Morgan fingerprint density at radius 3 is 2.71 bits per heavy atom. The quantitative estimate of drug-likeness (QED) is 0.636. The fourth-order valence-electron chi connectivity index (χ4n) is 2.95. The molecule has 0 aliphatic rings. The van der Waals surface area contributed by atoms with Crippen LogP contribution in [0.3, 0.4) is 0 Å². The molecule has 1 amide bonds. The molecule has 2 heterocycles. The Bertz CT molecular complexity index is 1220. The van der Waals surface area contributed by atoms with Crippen LogP contribution in [-0.4, -0.2) is 31.1 Å². The molecule has 3 aromatic rings. The molecule has 28 heavy (non-hydrogen) atoms. The molecule has 10 heteroatoms. The number of carbonyl (C=O) groups is 1. The fourth-order valence-corrected chi connectivity index (χ4v) is 3.14. The zero-order valence-corrected chi connectivity index (χ0v) is 16.0. The van der Waals surface area contributed by atoms with Crippen molar-refractivity contribution >= 4 is 34.4 Å². The molecule has 0 aliphatic carbocycles. The maximum absolute atomic E-state index is 13.0. The van der Waals surface area contributed by atoms with E-state index in [4.69, 9.17) is 16.9 Å². The van der Waals surface area contributed by atoms with Gasteiger partial charge in [-0.15, -0.1) is 0 Å². The molecule has 0 fully saturated rings. The average Bonchev–Trinajstić information content (AvgIpc) is 3.08. The molecular weight excluding hydrogens is 384 g/mol. The van der Waals surface area contributed by atoms with Crippen LogP contribution < -0.4 is 16.1 Å². The number of halogens is 1. The maximum atomic E-state index is 13.0. The second kappa shape index (κ2) is 7.70. The predicted molar refractivity (Wildman–Crippen MR) is 104 cm³/mol. The van der Waals surface area contributed by atoms with E-state index in [1.54, 1.807) is 24.3 Å². The molecule has 0 atom stereocenters. The van der Waals surface area contributed by atoms with Crippen molar-refractivity contribution in [1.82, 2.24) is 18.7 Å². The van der Waals surface area contributed by atoms with Gasteiger partial charge in [-0.1, -0.05) is 17.7 Å². The number of amides is 1. The number of aromatic nitrogens is 4. The minimum absolute atomic E-state index is 0.138. The van der Waals surface area contributed by atoms with Crippen molar-refractivity contribution in [2.45, 2.75) is 13.0 Å². The van der Waals surface area contributed by atoms with Gasteiger partial charge in [0.1, 0.15) is 6.54 Å². The molecule has 0 radical (unpaired) electrons. The molecule has 2 aromatic heterocycles. The number of aryl methyl sites for hydroxylation is 1. The van der Waals surface area contributed by atoms with Gasteiger partial charge in [-0.05, 0) is 18.2 Å². The number of nitrogens with zero attached hydrogens (tertiary/aromatic N) is 6. The van der Waals surface area contributed by atoms with Crippen LogP contribution in [0.2, 0.25) is 5.02 Å². The van der Waals surface area contributed by atoms with Gasteiger partial charge in [0.15, 0.2) is 11.2 Å². The van der Waals surface area contributed by atoms with Gasteiger partial charge in [-0.25, -0.2) is 9.78 Å². The molecule has 0 bridgehead atoms. The van der Waals surface area contributed by atoms with E-state index in [1.807, 2.05) is 6.07 Å². The summed E-state index contributed by atoms with van der Waals surface area (Å²) in [6, 6.07) is 8.76. The summed E-state index contributed by atoms with van der Waals surface area (Å²) in [6.07, 6.45) is 1.49. The lowest BCUT2D eigenvalue weighted by Gasteiger charge is -2.22. The summed E-state index contributed by atoms with van der Waals surface area (Å²) >= 11 is 6.02. The molecule has 0 unspecified atom stereocenters. The van der Waals surface area contributed by atoms with E-state index >= 15 is 0 Å². The Kier molecular flexibility index (Phi) is 5.33. The smallest absolute Gasteiger partial charge is 0.315 e. The summed E-state index contributed by atoms with van der Waals surface area (Å²) in [6.45, 7) is 0.000681. The first-order valence-electron chi connectivity index (χ1n) is 8.39. The van der Waals surface area contributed by atoms with Crippen molar-refractivity contribution in [3.8, 4) is 6.07 Å². The molecular formula is C18H17ClN6O3. The van der Waals surface area contributed by atoms with Crippen LogP contribution in [0.1, 0.15) is 6.42 Å². The number of hydrogen-bond donors (Lipinski definition) is 0. The van der Waals surface area contributed by atoms with Crippen molar-refractivity contribution in [3.63, 3.8) is 0 Å². The van der Waals surface area contributed by atoms with Gasteiger partial charge in [0.05, 0.1) is 18.8 Å². The number of nitriles is 1. The van der Waals surface area contributed by atoms with Gasteiger partial charge >= 0.3 is 5.69 Å². The highest BCUT2D eigenvalue weighted by molar-refractivity contribution is 6.30. The number of anilines is 1. The predicted octanol–water partition coefficient (Wildman–Crippen LogP) is 1.03. The zero-order chi connectivity index (χ0) is 20.4. The number of benzene rings is 1. The van der Waals surface area contributed by atoms with E-state index in [0.717, 1.165) is 4.57 Å². The number of imidazole rings is 1. The average molecular weight is 401 g/mol. The van der Waals surface area contributed by atoms with Crippen LogP contribution in [0.5, 0.6) is 0 Å². The molecule has 0 saturated carbocycles. The standard InChI is InChI=1S/C18H17ClN6O3/c1-22-16-15(17(27)23(2)18(22)28)24(11-21-16)10-14(26)25(8-4-7-20)13-6-3-5-12(19)9-13/h3,5-6,9,11H,4,8,10H2,1-2H3. The maximum Gasteiger partial charge on any atom is 0.332 e. The summed E-state index contributed by atoms with van der Waals surface area (Å²) < 4.78 is 3.63. The van der Waals surface area contributed by atoms with Gasteiger partial charge in [0, 0.05) is 31.4 Å². The summed E-state index contributed by atoms with van der Waals surface area (Å²) in [5, 5.41) is 9.38. The summed E-state index contributed by atoms with van der Waals surface area (Å²) in [5.41, 5.74) is -0.118. The van der Waals surface area contributed by atoms with Crippen LogP contribution in [0.4, 0.5) is 5.69 Å². The topological polar surface area (TPSA) is 106 Å². The third-order valence-electron chi connectivity index (χ3n) is 4.39. The van der Waals surface area contributed by atoms with Crippen molar-refractivity contribution in [1.29, 1.82) is 5.26 Å². The molecule has 0 spiro atoms. The molecule has 9 nitrogen and oxygen atoms in total. The van der Waals surface area contributed by atoms with Crippen LogP contribution >= 0.6 is 11.6 Å². The number of hydrogen-bond acceptors (Lipinski definition) is 5. The van der Waals surface area contributed by atoms with E-state index in [2.05, 4.69) is 4.98 Å². The zero-order valence-electron chi connectivity index (χ0n) is 15.3. The minimum atomic E-state index is -0.533. The first kappa shape index (κ1) is 19.4. The van der Waals surface area contributed by atoms with E-state index in [9.17, 15) is 14.4 Å². The van der Waals surface area contributed by atoms with Crippen molar-refractivity contribution in [3.05, 3.63) is 56.5 Å². The highest BCUT2D eigenvalue weighted by Gasteiger charge is 2.20. The lowest BCUT2D eigenvalue weighted by molar-refractivity contribution is -0.119. The highest BCUT2D eigenvalue weighted by Crippen LogP contribution is 2.20. The van der Waals surface area contributed by atoms with Gasteiger partial charge < -0.3 is 9.47 Å². The Balaban J connectivity index is 2.02. The lowest BCUT2D eigenvalue weighted by atomic mass is 10.2. The second-order valence-corrected chi connectivity index (χ2v) is 6.62. The van der Waals surface area contributed by atoms with E-state index in [0.29, 0.717) is 10.7 Å². The van der Waals surface area contributed by atoms with Crippen molar-refractivity contribution in [2.75, 3.05) is 11.4 Å². The monoisotopic (exact) mass is 400 g/mol. The van der Waals surface area contributed by atoms with Gasteiger partial charge in [-0.2, -0.15) is 5.26 Å². The lowest BCUT2D eigenvalue weighted by Crippen LogP contribution is -2.38. The van der Waals surface area contributed by atoms with Gasteiger partial charge in [0.2, 0.25) is 5.91 Å². The van der Waals surface area contributed by atoms with Crippen LogP contribution in [0.25, 0.3) is 11.2 Å². The molecule has 1 aromatic carbocycles. The number of rotatable bonds is 5. The Morgan fingerprint density at radius 2 is 2.04 bits per heavy atom. The number of fused-ring (bicyclic) bond motifs is 1. The Labute approximate surface area is 164 Å². The third-order valence-corrected chi connectivity index (χ3v) is 4.63. The Morgan fingerprint density at radius 1 is 1.29 bits per heavy atom. The summed E-state index contributed by atoms with van der Waals surface area (Å²) in [7, 11) is 2.88. The largest absolute Gasteiger partial charge is 0.332 e. The second-order valence-electron chi connectivity index (χ2n) is 6.18.